The molecule has 0 N–H and O–H groups in total. The molecule has 0 heterocycles. The van der Waals surface area contributed by atoms with Crippen LogP contribution in [0.1, 0.15) is 32.6 Å². The molecular formula is C12H20Si. The molecular weight excluding hydrogens is 172 g/mol. The molecule has 1 heteroatoms. The van der Waals surface area contributed by atoms with Crippen LogP contribution in [0, 0.1) is 23.3 Å². The van der Waals surface area contributed by atoms with Gasteiger partial charge < -0.3 is 0 Å². The second-order valence-electron chi connectivity index (χ2n) is 4.19. The summed E-state index contributed by atoms with van der Waals surface area (Å²) in [5, 5.41) is 0. The minimum atomic E-state index is -1.12. The number of hydrogen-bond donors (Lipinski definition) is 0. The second-order valence-corrected chi connectivity index (χ2v) is 8.94. The molecule has 0 saturated heterocycles. The van der Waals surface area contributed by atoms with Crippen molar-refractivity contribution in [3.05, 3.63) is 0 Å². The van der Waals surface area contributed by atoms with Crippen LogP contribution in [-0.4, -0.2) is 8.07 Å². The van der Waals surface area contributed by atoms with Crippen LogP contribution in [0.25, 0.3) is 0 Å². The standard InChI is InChI=1S/C12H20Si/c1-5-6-7-8-9-10-11-12-13(2,3)4/h7-10H2,1-4H3. The zero-order chi connectivity index (χ0) is 10.2. The summed E-state index contributed by atoms with van der Waals surface area (Å²) in [5.74, 6) is 9.24. The van der Waals surface area contributed by atoms with Gasteiger partial charge in [-0.1, -0.05) is 19.6 Å². The van der Waals surface area contributed by atoms with Crippen molar-refractivity contribution in [3.63, 3.8) is 0 Å². The lowest BCUT2D eigenvalue weighted by atomic mass is 10.2. The first-order chi connectivity index (χ1) is 6.06. The van der Waals surface area contributed by atoms with Gasteiger partial charge in [0.15, 0.2) is 0 Å². The van der Waals surface area contributed by atoms with Gasteiger partial charge in [0.2, 0.25) is 0 Å². The molecule has 0 aromatic carbocycles. The Morgan fingerprint density at radius 1 is 0.923 bits per heavy atom. The highest BCUT2D eigenvalue weighted by molar-refractivity contribution is 6.83. The first kappa shape index (κ1) is 12.3. The summed E-state index contributed by atoms with van der Waals surface area (Å²) in [6, 6.07) is 0. The molecule has 0 unspecified atom stereocenters. The van der Waals surface area contributed by atoms with Crippen molar-refractivity contribution in [2.24, 2.45) is 0 Å². The van der Waals surface area contributed by atoms with Crippen LogP contribution < -0.4 is 0 Å². The maximum absolute atomic E-state index is 3.37. The lowest BCUT2D eigenvalue weighted by molar-refractivity contribution is 0.782. The van der Waals surface area contributed by atoms with Gasteiger partial charge in [-0.15, -0.1) is 23.3 Å². The Morgan fingerprint density at radius 2 is 1.46 bits per heavy atom. The summed E-state index contributed by atoms with van der Waals surface area (Å²) in [7, 11) is -1.12. The molecule has 0 spiro atoms. The second kappa shape index (κ2) is 6.81. The molecule has 13 heavy (non-hydrogen) atoms. The largest absolute Gasteiger partial charge is 0.132 e. The summed E-state index contributed by atoms with van der Waals surface area (Å²) >= 11 is 0. The molecule has 0 aliphatic carbocycles. The van der Waals surface area contributed by atoms with E-state index >= 15 is 0 Å². The van der Waals surface area contributed by atoms with Gasteiger partial charge in [0.25, 0.3) is 0 Å². The summed E-state index contributed by atoms with van der Waals surface area (Å²) in [6.45, 7) is 8.73. The van der Waals surface area contributed by atoms with Crippen molar-refractivity contribution in [3.8, 4) is 23.3 Å². The third-order valence-corrected chi connectivity index (χ3v) is 2.42. The van der Waals surface area contributed by atoms with Gasteiger partial charge in [-0.05, 0) is 19.8 Å². The fourth-order valence-corrected chi connectivity index (χ4v) is 1.53. The normalized spacial score (nSPS) is 9.54. The average molecular weight is 192 g/mol. The Morgan fingerprint density at radius 3 is 1.92 bits per heavy atom. The lowest BCUT2D eigenvalue weighted by Crippen LogP contribution is -2.16. The number of hydrogen-bond acceptors (Lipinski definition) is 0. The summed E-state index contributed by atoms with van der Waals surface area (Å²) in [6.07, 6.45) is 4.48. The Hall–Kier alpha value is -0.663. The van der Waals surface area contributed by atoms with Gasteiger partial charge in [0, 0.05) is 12.8 Å². The number of rotatable bonds is 3. The van der Waals surface area contributed by atoms with Crippen LogP contribution in [-0.2, 0) is 0 Å². The average Bonchev–Trinajstić information content (AvgIpc) is 2.01. The Bertz CT molecular complexity index is 236. The van der Waals surface area contributed by atoms with Crippen LogP contribution in [0.15, 0.2) is 0 Å². The molecule has 0 atom stereocenters. The molecule has 72 valence electrons. The van der Waals surface area contributed by atoms with Gasteiger partial charge in [0.1, 0.15) is 8.07 Å². The van der Waals surface area contributed by atoms with Crippen molar-refractivity contribution >= 4 is 8.07 Å². The Labute approximate surface area is 84.1 Å². The van der Waals surface area contributed by atoms with Crippen LogP contribution in [0.3, 0.4) is 0 Å². The van der Waals surface area contributed by atoms with Gasteiger partial charge in [-0.3, -0.25) is 0 Å². The van der Waals surface area contributed by atoms with Crippen LogP contribution in [0.4, 0.5) is 0 Å². The minimum Gasteiger partial charge on any atom is -0.132 e. The van der Waals surface area contributed by atoms with Crippen LogP contribution in [0.5, 0.6) is 0 Å². The molecule has 0 aliphatic rings. The van der Waals surface area contributed by atoms with Crippen molar-refractivity contribution in [2.75, 3.05) is 0 Å². The summed E-state index contributed by atoms with van der Waals surface area (Å²) < 4.78 is 0. The van der Waals surface area contributed by atoms with Crippen LogP contribution in [0.2, 0.25) is 19.6 Å². The minimum absolute atomic E-state index is 1.03. The third-order valence-electron chi connectivity index (χ3n) is 1.49. The maximum Gasteiger partial charge on any atom is 0.129 e. The zero-order valence-corrected chi connectivity index (χ0v) is 10.3. The topological polar surface area (TPSA) is 0 Å². The Kier molecular flexibility index (Phi) is 6.46. The van der Waals surface area contributed by atoms with Crippen molar-refractivity contribution in [2.45, 2.75) is 52.2 Å². The predicted molar refractivity (Wildman–Crippen MR) is 63.0 cm³/mol. The summed E-state index contributed by atoms with van der Waals surface area (Å²) in [5.41, 5.74) is 3.37. The predicted octanol–water partition coefficient (Wildman–Crippen LogP) is 3.45. The van der Waals surface area contributed by atoms with Gasteiger partial charge in [-0.2, -0.15) is 0 Å². The SMILES string of the molecule is CC#CCCCCC#C[Si](C)(C)C. The molecule has 0 amide bonds. The van der Waals surface area contributed by atoms with Crippen molar-refractivity contribution in [1.82, 2.24) is 0 Å². The molecule has 0 rings (SSSR count). The fraction of sp³-hybridized carbons (Fsp3) is 0.667. The van der Waals surface area contributed by atoms with E-state index in [1.807, 2.05) is 6.92 Å². The highest BCUT2D eigenvalue weighted by Crippen LogP contribution is 2.00. The van der Waals surface area contributed by atoms with E-state index in [9.17, 15) is 0 Å². The smallest absolute Gasteiger partial charge is 0.129 e. The van der Waals surface area contributed by atoms with E-state index in [-0.39, 0.29) is 0 Å². The lowest BCUT2D eigenvalue weighted by Gasteiger charge is -2.02. The van der Waals surface area contributed by atoms with E-state index in [1.54, 1.807) is 0 Å². The van der Waals surface area contributed by atoms with E-state index in [0.29, 0.717) is 0 Å². The molecule has 0 aliphatic heterocycles. The highest BCUT2D eigenvalue weighted by Gasteiger charge is 2.06. The van der Waals surface area contributed by atoms with Gasteiger partial charge >= 0.3 is 0 Å². The molecule has 0 aromatic heterocycles. The third kappa shape index (κ3) is 11.3. The monoisotopic (exact) mass is 192 g/mol. The van der Waals surface area contributed by atoms with Crippen LogP contribution >= 0.6 is 0 Å². The first-order valence-corrected chi connectivity index (χ1v) is 8.46. The van der Waals surface area contributed by atoms with Crippen molar-refractivity contribution < 1.29 is 0 Å². The van der Waals surface area contributed by atoms with E-state index < -0.39 is 8.07 Å². The maximum atomic E-state index is 3.37. The van der Waals surface area contributed by atoms with E-state index in [4.69, 9.17) is 0 Å². The van der Waals surface area contributed by atoms with Gasteiger partial charge in [0.05, 0.1) is 0 Å². The number of unbranched alkanes of at least 4 members (excludes halogenated alkanes) is 3. The Balaban J connectivity index is 3.42. The quantitative estimate of drug-likeness (QED) is 0.365. The molecule has 0 nitrogen and oxygen atoms in total. The molecule has 0 aromatic rings. The van der Waals surface area contributed by atoms with E-state index in [2.05, 4.69) is 42.9 Å². The van der Waals surface area contributed by atoms with E-state index in [1.165, 1.54) is 12.8 Å². The summed E-state index contributed by atoms with van der Waals surface area (Å²) in [4.78, 5) is 0. The molecule has 0 radical (unpaired) electrons. The highest BCUT2D eigenvalue weighted by atomic mass is 28.3. The molecule has 0 saturated carbocycles. The fourth-order valence-electron chi connectivity index (χ4n) is 0.879. The van der Waals surface area contributed by atoms with E-state index in [0.717, 1.165) is 12.8 Å². The zero-order valence-electron chi connectivity index (χ0n) is 9.33. The van der Waals surface area contributed by atoms with Crippen molar-refractivity contribution in [1.29, 1.82) is 0 Å². The van der Waals surface area contributed by atoms with Gasteiger partial charge in [-0.25, -0.2) is 0 Å². The molecule has 0 fully saturated rings. The first-order valence-electron chi connectivity index (χ1n) is 4.96. The molecule has 0 bridgehead atoms.